The summed E-state index contributed by atoms with van der Waals surface area (Å²) in [5, 5.41) is 5.46. The van der Waals surface area contributed by atoms with Crippen molar-refractivity contribution in [3.8, 4) is 0 Å². The normalized spacial score (nSPS) is 10.3. The minimum absolute atomic E-state index is 0.439. The molecule has 1 aromatic heterocycles. The zero-order chi connectivity index (χ0) is 9.84. The number of thiophene rings is 1. The lowest BCUT2D eigenvalue weighted by molar-refractivity contribution is 0.100. The second-order valence-electron chi connectivity index (χ2n) is 2.55. The maximum absolute atomic E-state index is 10.8. The van der Waals surface area contributed by atoms with E-state index in [4.69, 9.17) is 17.3 Å². The molecule has 72 valence electrons. The van der Waals surface area contributed by atoms with Crippen LogP contribution in [-0.4, -0.2) is 12.5 Å². The van der Waals surface area contributed by atoms with Crippen LogP contribution in [0.4, 0.5) is 0 Å². The van der Waals surface area contributed by atoms with Crippen LogP contribution < -0.4 is 11.1 Å². The van der Waals surface area contributed by atoms with Crippen molar-refractivity contribution in [3.05, 3.63) is 20.8 Å². The third-order valence-corrected chi connectivity index (χ3v) is 3.18. The van der Waals surface area contributed by atoms with Crippen LogP contribution in [0.15, 0.2) is 5.38 Å². The summed E-state index contributed by atoms with van der Waals surface area (Å²) in [6, 6.07) is 0. The van der Waals surface area contributed by atoms with Gasteiger partial charge < -0.3 is 11.1 Å². The van der Waals surface area contributed by atoms with E-state index in [9.17, 15) is 4.79 Å². The molecule has 13 heavy (non-hydrogen) atoms. The molecule has 0 aliphatic rings. The van der Waals surface area contributed by atoms with Crippen LogP contribution in [0.2, 0.25) is 5.02 Å². The van der Waals surface area contributed by atoms with Crippen molar-refractivity contribution in [1.29, 1.82) is 0 Å². The second kappa shape index (κ2) is 4.60. The van der Waals surface area contributed by atoms with Gasteiger partial charge in [-0.25, -0.2) is 0 Å². The van der Waals surface area contributed by atoms with Crippen LogP contribution in [0.3, 0.4) is 0 Å². The van der Waals surface area contributed by atoms with E-state index in [1.165, 1.54) is 11.3 Å². The van der Waals surface area contributed by atoms with E-state index in [1.54, 1.807) is 0 Å². The van der Waals surface area contributed by atoms with E-state index < -0.39 is 5.91 Å². The van der Waals surface area contributed by atoms with Gasteiger partial charge in [0.25, 0.3) is 5.91 Å². The molecular formula is C8H11ClN2OS. The molecule has 1 amide bonds. The highest BCUT2D eigenvalue weighted by molar-refractivity contribution is 7.13. The average molecular weight is 219 g/mol. The number of halogens is 1. The van der Waals surface area contributed by atoms with Gasteiger partial charge >= 0.3 is 0 Å². The Morgan fingerprint density at radius 1 is 1.77 bits per heavy atom. The molecule has 0 aromatic carbocycles. The maximum Gasteiger partial charge on any atom is 0.260 e. The fraction of sp³-hybridized carbons (Fsp3) is 0.375. The Morgan fingerprint density at radius 2 is 2.46 bits per heavy atom. The third-order valence-electron chi connectivity index (χ3n) is 1.59. The Hall–Kier alpha value is -0.580. The highest BCUT2D eigenvalue weighted by atomic mass is 35.5. The first kappa shape index (κ1) is 10.5. The molecule has 0 fully saturated rings. The molecule has 0 aliphatic carbocycles. The number of nitrogens with one attached hydrogen (secondary N) is 1. The molecule has 1 heterocycles. The van der Waals surface area contributed by atoms with Gasteiger partial charge in [0.1, 0.15) is 4.88 Å². The summed E-state index contributed by atoms with van der Waals surface area (Å²) in [4.78, 5) is 11.3. The quantitative estimate of drug-likeness (QED) is 0.807. The molecule has 5 heteroatoms. The van der Waals surface area contributed by atoms with E-state index in [2.05, 4.69) is 5.32 Å². The number of carbonyl (C=O) groups excluding carboxylic acids is 1. The van der Waals surface area contributed by atoms with Crippen LogP contribution in [-0.2, 0) is 6.54 Å². The van der Waals surface area contributed by atoms with Crippen molar-refractivity contribution in [2.45, 2.75) is 13.5 Å². The van der Waals surface area contributed by atoms with Gasteiger partial charge in [-0.15, -0.1) is 11.3 Å². The summed E-state index contributed by atoms with van der Waals surface area (Å²) >= 11 is 7.21. The molecular weight excluding hydrogens is 208 g/mol. The van der Waals surface area contributed by atoms with Crippen molar-refractivity contribution in [3.63, 3.8) is 0 Å². The molecule has 0 unspecified atom stereocenters. The number of hydrogen-bond acceptors (Lipinski definition) is 3. The van der Waals surface area contributed by atoms with Gasteiger partial charge in [0.2, 0.25) is 0 Å². The molecule has 0 spiro atoms. The van der Waals surface area contributed by atoms with Crippen LogP contribution in [0.1, 0.15) is 22.2 Å². The Bertz CT molecular complexity index is 311. The first-order valence-corrected chi connectivity index (χ1v) is 5.19. The molecule has 1 rings (SSSR count). The fourth-order valence-electron chi connectivity index (χ4n) is 0.925. The molecule has 3 N–H and O–H groups in total. The summed E-state index contributed by atoms with van der Waals surface area (Å²) in [5.74, 6) is -0.460. The number of amides is 1. The molecule has 0 saturated carbocycles. The number of rotatable bonds is 4. The van der Waals surface area contributed by atoms with E-state index in [-0.39, 0.29) is 0 Å². The second-order valence-corrected chi connectivity index (χ2v) is 3.81. The van der Waals surface area contributed by atoms with Crippen LogP contribution in [0.25, 0.3) is 0 Å². The number of carbonyl (C=O) groups is 1. The van der Waals surface area contributed by atoms with Gasteiger partial charge in [0.15, 0.2) is 0 Å². The molecule has 0 aliphatic heterocycles. The first-order valence-electron chi connectivity index (χ1n) is 3.93. The van der Waals surface area contributed by atoms with E-state index in [0.29, 0.717) is 16.4 Å². The lowest BCUT2D eigenvalue weighted by Crippen LogP contribution is -2.12. The Kier molecular flexibility index (Phi) is 3.71. The van der Waals surface area contributed by atoms with Crippen LogP contribution >= 0.6 is 22.9 Å². The Balaban J connectivity index is 2.80. The zero-order valence-electron chi connectivity index (χ0n) is 7.26. The van der Waals surface area contributed by atoms with Gasteiger partial charge in [-0.1, -0.05) is 18.5 Å². The number of nitrogens with two attached hydrogens (primary N) is 1. The van der Waals surface area contributed by atoms with Crippen LogP contribution in [0, 0.1) is 0 Å². The Labute approximate surface area is 85.9 Å². The average Bonchev–Trinajstić information content (AvgIpc) is 2.43. The third kappa shape index (κ3) is 2.43. The van der Waals surface area contributed by atoms with Crippen molar-refractivity contribution < 1.29 is 4.79 Å². The van der Waals surface area contributed by atoms with E-state index in [0.717, 1.165) is 12.1 Å². The standard InChI is InChI=1S/C8H11ClN2OS/c1-2-11-3-5-4-13-7(6(5)9)8(10)12/h4,11H,2-3H2,1H3,(H2,10,12). The highest BCUT2D eigenvalue weighted by Gasteiger charge is 2.12. The molecule has 0 atom stereocenters. The lowest BCUT2D eigenvalue weighted by Gasteiger charge is -1.99. The predicted octanol–water partition coefficient (Wildman–Crippen LogP) is 1.61. The topological polar surface area (TPSA) is 55.1 Å². The fourth-order valence-corrected chi connectivity index (χ4v) is 2.15. The van der Waals surface area contributed by atoms with E-state index in [1.807, 2.05) is 12.3 Å². The van der Waals surface area contributed by atoms with Gasteiger partial charge in [-0.3, -0.25) is 4.79 Å². The van der Waals surface area contributed by atoms with Gasteiger partial charge in [-0.05, 0) is 17.5 Å². The van der Waals surface area contributed by atoms with Gasteiger partial charge in [0.05, 0.1) is 5.02 Å². The zero-order valence-corrected chi connectivity index (χ0v) is 8.84. The van der Waals surface area contributed by atoms with Crippen LogP contribution in [0.5, 0.6) is 0 Å². The van der Waals surface area contributed by atoms with E-state index >= 15 is 0 Å². The van der Waals surface area contributed by atoms with Gasteiger partial charge in [0, 0.05) is 6.54 Å². The summed E-state index contributed by atoms with van der Waals surface area (Å²) in [5.41, 5.74) is 6.06. The maximum atomic E-state index is 10.8. The molecule has 3 nitrogen and oxygen atoms in total. The lowest BCUT2D eigenvalue weighted by atomic mass is 10.3. The molecule has 0 saturated heterocycles. The molecule has 0 bridgehead atoms. The minimum Gasteiger partial charge on any atom is -0.365 e. The minimum atomic E-state index is -0.460. The molecule has 1 aromatic rings. The summed E-state index contributed by atoms with van der Waals surface area (Å²) < 4.78 is 0. The van der Waals surface area contributed by atoms with Crippen molar-refractivity contribution >= 4 is 28.8 Å². The summed E-state index contributed by atoms with van der Waals surface area (Å²) in [6.07, 6.45) is 0. The predicted molar refractivity (Wildman–Crippen MR) is 55.2 cm³/mol. The summed E-state index contributed by atoms with van der Waals surface area (Å²) in [7, 11) is 0. The Morgan fingerprint density at radius 3 is 2.92 bits per heavy atom. The highest BCUT2D eigenvalue weighted by Crippen LogP contribution is 2.27. The summed E-state index contributed by atoms with van der Waals surface area (Å²) in [6.45, 7) is 3.56. The number of hydrogen-bond donors (Lipinski definition) is 2. The largest absolute Gasteiger partial charge is 0.365 e. The SMILES string of the molecule is CCNCc1csc(C(N)=O)c1Cl. The van der Waals surface area contributed by atoms with Gasteiger partial charge in [-0.2, -0.15) is 0 Å². The molecule has 0 radical (unpaired) electrons. The van der Waals surface area contributed by atoms with Crippen molar-refractivity contribution in [1.82, 2.24) is 5.32 Å². The number of primary amides is 1. The van der Waals surface area contributed by atoms with Crippen molar-refractivity contribution in [2.75, 3.05) is 6.54 Å². The van der Waals surface area contributed by atoms with Crippen molar-refractivity contribution in [2.24, 2.45) is 5.73 Å². The monoisotopic (exact) mass is 218 g/mol. The smallest absolute Gasteiger partial charge is 0.260 e. The first-order chi connectivity index (χ1) is 6.16.